The average Bonchev–Trinajstić information content (AvgIpc) is 2.28. The Kier molecular flexibility index (Phi) is 4.10. The maximum absolute atomic E-state index is 5.93. The predicted octanol–water partition coefficient (Wildman–Crippen LogP) is 3.98. The third kappa shape index (κ3) is 3.49. The van der Waals surface area contributed by atoms with E-state index in [1.165, 1.54) is 11.8 Å². The van der Waals surface area contributed by atoms with E-state index >= 15 is 0 Å². The van der Waals surface area contributed by atoms with Crippen molar-refractivity contribution in [3.8, 4) is 0 Å². The van der Waals surface area contributed by atoms with Crippen molar-refractivity contribution in [2.75, 3.05) is 12.4 Å². The molecule has 0 aliphatic heterocycles. The predicted molar refractivity (Wildman–Crippen MR) is 72.2 cm³/mol. The standard InChI is InChI=1S/C11H9Cl2N3S/c1-14-11-15-3-2-10(16-11)17-9-5-7(12)4-8(13)6-9/h2-6H,1H3,(H,14,15,16). The minimum absolute atomic E-state index is 0.586. The molecule has 1 heterocycles. The van der Waals surface area contributed by atoms with E-state index in [2.05, 4.69) is 15.3 Å². The molecule has 6 heteroatoms. The number of hydrogen-bond donors (Lipinski definition) is 1. The van der Waals surface area contributed by atoms with Gasteiger partial charge in [0.1, 0.15) is 5.03 Å². The third-order valence-electron chi connectivity index (χ3n) is 1.91. The SMILES string of the molecule is CNc1nccc(Sc2cc(Cl)cc(Cl)c2)n1. The van der Waals surface area contributed by atoms with Crippen molar-refractivity contribution in [3.63, 3.8) is 0 Å². The van der Waals surface area contributed by atoms with E-state index in [4.69, 9.17) is 23.2 Å². The lowest BCUT2D eigenvalue weighted by molar-refractivity contribution is 1.05. The highest BCUT2D eigenvalue weighted by atomic mass is 35.5. The van der Waals surface area contributed by atoms with Gasteiger partial charge in [0.2, 0.25) is 5.95 Å². The van der Waals surface area contributed by atoms with Gasteiger partial charge in [-0.1, -0.05) is 35.0 Å². The Morgan fingerprint density at radius 1 is 1.18 bits per heavy atom. The Morgan fingerprint density at radius 2 is 1.88 bits per heavy atom. The van der Waals surface area contributed by atoms with Gasteiger partial charge in [-0.3, -0.25) is 0 Å². The topological polar surface area (TPSA) is 37.8 Å². The molecule has 0 aliphatic rings. The van der Waals surface area contributed by atoms with Gasteiger partial charge in [-0.2, -0.15) is 0 Å². The first-order chi connectivity index (χ1) is 8.17. The van der Waals surface area contributed by atoms with Crippen molar-refractivity contribution < 1.29 is 0 Å². The van der Waals surface area contributed by atoms with Crippen LogP contribution in [0.3, 0.4) is 0 Å². The quantitative estimate of drug-likeness (QED) is 0.866. The second-order valence-corrected chi connectivity index (χ2v) is 5.14. The highest BCUT2D eigenvalue weighted by molar-refractivity contribution is 7.99. The Labute approximate surface area is 114 Å². The van der Waals surface area contributed by atoms with Gasteiger partial charge < -0.3 is 5.32 Å². The van der Waals surface area contributed by atoms with E-state index in [-0.39, 0.29) is 0 Å². The molecule has 88 valence electrons. The maximum Gasteiger partial charge on any atom is 0.223 e. The number of anilines is 1. The summed E-state index contributed by atoms with van der Waals surface area (Å²) >= 11 is 13.3. The maximum atomic E-state index is 5.93. The van der Waals surface area contributed by atoms with Crippen LogP contribution in [-0.2, 0) is 0 Å². The van der Waals surface area contributed by atoms with Crippen LogP contribution < -0.4 is 5.32 Å². The van der Waals surface area contributed by atoms with Crippen LogP contribution in [0.5, 0.6) is 0 Å². The van der Waals surface area contributed by atoms with Gasteiger partial charge in [0.25, 0.3) is 0 Å². The van der Waals surface area contributed by atoms with Crippen LogP contribution in [0.2, 0.25) is 10.0 Å². The number of nitrogens with zero attached hydrogens (tertiary/aromatic N) is 2. The van der Waals surface area contributed by atoms with E-state index in [0.717, 1.165) is 9.92 Å². The van der Waals surface area contributed by atoms with Gasteiger partial charge in [0, 0.05) is 28.2 Å². The minimum atomic E-state index is 0.586. The molecule has 0 spiro atoms. The molecule has 0 aliphatic carbocycles. The van der Waals surface area contributed by atoms with Gasteiger partial charge in [-0.15, -0.1) is 0 Å². The normalized spacial score (nSPS) is 10.3. The molecule has 1 aromatic heterocycles. The fourth-order valence-corrected chi connectivity index (χ4v) is 2.76. The van der Waals surface area contributed by atoms with Crippen molar-refractivity contribution in [2.24, 2.45) is 0 Å². The summed E-state index contributed by atoms with van der Waals surface area (Å²) in [6, 6.07) is 7.23. The van der Waals surface area contributed by atoms with Crippen molar-refractivity contribution in [2.45, 2.75) is 9.92 Å². The summed E-state index contributed by atoms with van der Waals surface area (Å²) < 4.78 is 0. The molecule has 0 radical (unpaired) electrons. The molecule has 0 amide bonds. The number of nitrogens with one attached hydrogen (secondary N) is 1. The highest BCUT2D eigenvalue weighted by Crippen LogP contribution is 2.31. The minimum Gasteiger partial charge on any atom is -0.357 e. The lowest BCUT2D eigenvalue weighted by atomic mass is 10.4. The molecule has 2 aromatic rings. The van der Waals surface area contributed by atoms with Gasteiger partial charge >= 0.3 is 0 Å². The van der Waals surface area contributed by atoms with Gasteiger partial charge in [0.05, 0.1) is 0 Å². The zero-order chi connectivity index (χ0) is 12.3. The zero-order valence-corrected chi connectivity index (χ0v) is 11.3. The fraction of sp³-hybridized carbons (Fsp3) is 0.0909. The molecule has 0 atom stereocenters. The van der Waals surface area contributed by atoms with Gasteiger partial charge in [-0.25, -0.2) is 9.97 Å². The Hall–Kier alpha value is -0.970. The summed E-state index contributed by atoms with van der Waals surface area (Å²) in [6.45, 7) is 0. The Morgan fingerprint density at radius 3 is 2.53 bits per heavy atom. The van der Waals surface area contributed by atoms with Crippen molar-refractivity contribution in [3.05, 3.63) is 40.5 Å². The van der Waals surface area contributed by atoms with Crippen LogP contribution in [0.25, 0.3) is 0 Å². The van der Waals surface area contributed by atoms with Crippen LogP contribution >= 0.6 is 35.0 Å². The summed E-state index contributed by atoms with van der Waals surface area (Å²) in [4.78, 5) is 9.29. The van der Waals surface area contributed by atoms with Crippen molar-refractivity contribution >= 4 is 40.9 Å². The molecule has 3 nitrogen and oxygen atoms in total. The highest BCUT2D eigenvalue weighted by Gasteiger charge is 2.03. The molecular weight excluding hydrogens is 277 g/mol. The number of benzene rings is 1. The van der Waals surface area contributed by atoms with Gasteiger partial charge in [0.15, 0.2) is 0 Å². The molecule has 0 unspecified atom stereocenters. The van der Waals surface area contributed by atoms with Crippen LogP contribution in [-0.4, -0.2) is 17.0 Å². The molecule has 17 heavy (non-hydrogen) atoms. The summed E-state index contributed by atoms with van der Waals surface area (Å²) in [6.07, 6.45) is 1.70. The Balaban J connectivity index is 2.24. The van der Waals surface area contributed by atoms with Gasteiger partial charge in [-0.05, 0) is 24.3 Å². The van der Waals surface area contributed by atoms with Crippen LogP contribution in [0.4, 0.5) is 5.95 Å². The number of rotatable bonds is 3. The summed E-state index contributed by atoms with van der Waals surface area (Å²) in [7, 11) is 1.78. The molecule has 2 rings (SSSR count). The molecule has 0 fully saturated rings. The summed E-state index contributed by atoms with van der Waals surface area (Å²) in [5.41, 5.74) is 0. The second-order valence-electron chi connectivity index (χ2n) is 3.18. The van der Waals surface area contributed by atoms with Crippen LogP contribution in [0.1, 0.15) is 0 Å². The summed E-state index contributed by atoms with van der Waals surface area (Å²) in [5.74, 6) is 0.586. The Bertz CT molecular complexity index is 514. The first-order valence-electron chi connectivity index (χ1n) is 4.82. The van der Waals surface area contributed by atoms with Crippen LogP contribution in [0, 0.1) is 0 Å². The average molecular weight is 286 g/mol. The van der Waals surface area contributed by atoms with Crippen molar-refractivity contribution in [1.82, 2.24) is 9.97 Å². The second kappa shape index (κ2) is 5.58. The van der Waals surface area contributed by atoms with E-state index in [1.54, 1.807) is 19.3 Å². The van der Waals surface area contributed by atoms with Crippen LogP contribution in [0.15, 0.2) is 40.4 Å². The van der Waals surface area contributed by atoms with E-state index < -0.39 is 0 Å². The first-order valence-corrected chi connectivity index (χ1v) is 6.39. The van der Waals surface area contributed by atoms with Crippen molar-refractivity contribution in [1.29, 1.82) is 0 Å². The third-order valence-corrected chi connectivity index (χ3v) is 3.26. The first kappa shape index (κ1) is 12.5. The number of aromatic nitrogens is 2. The smallest absolute Gasteiger partial charge is 0.223 e. The lowest BCUT2D eigenvalue weighted by Gasteiger charge is -2.04. The molecule has 0 saturated heterocycles. The fourth-order valence-electron chi connectivity index (χ4n) is 1.23. The molecule has 1 N–H and O–H groups in total. The zero-order valence-electron chi connectivity index (χ0n) is 8.95. The molecule has 0 bridgehead atoms. The number of hydrogen-bond acceptors (Lipinski definition) is 4. The monoisotopic (exact) mass is 285 g/mol. The molecular formula is C11H9Cl2N3S. The van der Waals surface area contributed by atoms with E-state index in [1.807, 2.05) is 18.2 Å². The van der Waals surface area contributed by atoms with E-state index in [9.17, 15) is 0 Å². The van der Waals surface area contributed by atoms with E-state index in [0.29, 0.717) is 16.0 Å². The molecule has 1 aromatic carbocycles. The lowest BCUT2D eigenvalue weighted by Crippen LogP contribution is -1.95. The number of halogens is 2. The largest absolute Gasteiger partial charge is 0.357 e. The molecule has 0 saturated carbocycles. The summed E-state index contributed by atoms with van der Waals surface area (Å²) in [5, 5.41) is 4.95.